The van der Waals surface area contributed by atoms with Crippen molar-refractivity contribution in [1.29, 1.82) is 0 Å². The third kappa shape index (κ3) is 2.70. The van der Waals surface area contributed by atoms with Crippen molar-refractivity contribution in [2.45, 2.75) is 36.6 Å². The molecule has 1 aromatic heterocycles. The first kappa shape index (κ1) is 13.8. The summed E-state index contributed by atoms with van der Waals surface area (Å²) in [6.07, 6.45) is 6.50. The summed E-state index contributed by atoms with van der Waals surface area (Å²) >= 11 is 5.68. The van der Waals surface area contributed by atoms with Gasteiger partial charge in [-0.25, -0.2) is 8.42 Å². The van der Waals surface area contributed by atoms with Gasteiger partial charge in [-0.3, -0.25) is 4.68 Å². The van der Waals surface area contributed by atoms with Gasteiger partial charge in [0.05, 0.1) is 6.20 Å². The molecule has 7 heteroatoms. The predicted octanol–water partition coefficient (Wildman–Crippen LogP) is 1.59. The number of sulfonamides is 1. The molecular formula is C11H18ClN3O2S. The highest BCUT2D eigenvalue weighted by Gasteiger charge is 2.35. The van der Waals surface area contributed by atoms with Crippen LogP contribution < -0.4 is 0 Å². The lowest BCUT2D eigenvalue weighted by Crippen LogP contribution is -2.35. The van der Waals surface area contributed by atoms with Gasteiger partial charge < -0.3 is 0 Å². The zero-order valence-electron chi connectivity index (χ0n) is 10.4. The molecule has 0 saturated carbocycles. The fourth-order valence-corrected chi connectivity index (χ4v) is 4.26. The number of hydrogen-bond donors (Lipinski definition) is 0. The van der Waals surface area contributed by atoms with Crippen LogP contribution in [0.15, 0.2) is 17.3 Å². The van der Waals surface area contributed by atoms with E-state index in [4.69, 9.17) is 11.6 Å². The number of hydrogen-bond acceptors (Lipinski definition) is 3. The van der Waals surface area contributed by atoms with Gasteiger partial charge in [-0.2, -0.15) is 9.40 Å². The lowest BCUT2D eigenvalue weighted by atomic mass is 10.1. The van der Waals surface area contributed by atoms with E-state index in [0.29, 0.717) is 12.4 Å². The Morgan fingerprint density at radius 3 is 2.94 bits per heavy atom. The number of alkyl halides is 1. The maximum atomic E-state index is 12.5. The zero-order valence-corrected chi connectivity index (χ0v) is 12.0. The van der Waals surface area contributed by atoms with Crippen molar-refractivity contribution in [3.8, 4) is 0 Å². The molecule has 1 fully saturated rings. The first-order chi connectivity index (χ1) is 8.55. The van der Waals surface area contributed by atoms with E-state index in [9.17, 15) is 8.42 Å². The molecule has 1 unspecified atom stereocenters. The summed E-state index contributed by atoms with van der Waals surface area (Å²) in [7, 11) is -1.67. The van der Waals surface area contributed by atoms with E-state index in [1.807, 2.05) is 0 Å². The molecule has 0 amide bonds. The first-order valence-electron chi connectivity index (χ1n) is 6.12. The van der Waals surface area contributed by atoms with Crippen molar-refractivity contribution in [2.24, 2.45) is 7.05 Å². The summed E-state index contributed by atoms with van der Waals surface area (Å²) in [6, 6.07) is 0.0916. The predicted molar refractivity (Wildman–Crippen MR) is 70.1 cm³/mol. The third-order valence-electron chi connectivity index (χ3n) is 3.28. The minimum absolute atomic E-state index is 0.0916. The molecule has 0 bridgehead atoms. The van der Waals surface area contributed by atoms with E-state index in [-0.39, 0.29) is 10.9 Å². The van der Waals surface area contributed by atoms with Crippen molar-refractivity contribution < 1.29 is 8.42 Å². The summed E-state index contributed by atoms with van der Waals surface area (Å²) in [4.78, 5) is 0.280. The molecule has 0 N–H and O–H groups in total. The van der Waals surface area contributed by atoms with Crippen molar-refractivity contribution in [1.82, 2.24) is 14.1 Å². The third-order valence-corrected chi connectivity index (χ3v) is 5.45. The maximum Gasteiger partial charge on any atom is 0.246 e. The summed E-state index contributed by atoms with van der Waals surface area (Å²) < 4.78 is 28.0. The van der Waals surface area contributed by atoms with Crippen LogP contribution >= 0.6 is 11.6 Å². The van der Waals surface area contributed by atoms with Crippen LogP contribution in [0.5, 0.6) is 0 Å². The molecule has 0 aliphatic carbocycles. The van der Waals surface area contributed by atoms with Crippen LogP contribution in [-0.4, -0.2) is 41.0 Å². The fourth-order valence-electron chi connectivity index (χ4n) is 2.39. The van der Waals surface area contributed by atoms with Gasteiger partial charge in [0.1, 0.15) is 4.90 Å². The topological polar surface area (TPSA) is 55.2 Å². The Morgan fingerprint density at radius 2 is 2.33 bits per heavy atom. The lowest BCUT2D eigenvalue weighted by molar-refractivity contribution is 0.368. The second kappa shape index (κ2) is 5.59. The highest BCUT2D eigenvalue weighted by atomic mass is 35.5. The summed E-state index contributed by atoms with van der Waals surface area (Å²) in [5.74, 6) is 0.581. The number of halogens is 1. The average Bonchev–Trinajstić information content (AvgIpc) is 2.95. The summed E-state index contributed by atoms with van der Waals surface area (Å²) in [6.45, 7) is 0.601. The van der Waals surface area contributed by atoms with E-state index in [1.165, 1.54) is 10.9 Å². The number of aryl methyl sites for hydroxylation is 1. The highest BCUT2D eigenvalue weighted by molar-refractivity contribution is 7.89. The fraction of sp³-hybridized carbons (Fsp3) is 0.727. The molecule has 1 aromatic rings. The summed E-state index contributed by atoms with van der Waals surface area (Å²) in [5.41, 5.74) is 0. The van der Waals surface area contributed by atoms with Gasteiger partial charge in [0.25, 0.3) is 0 Å². The van der Waals surface area contributed by atoms with E-state index in [0.717, 1.165) is 25.7 Å². The monoisotopic (exact) mass is 291 g/mol. The Labute approximate surface area is 113 Å². The van der Waals surface area contributed by atoms with Gasteiger partial charge in [-0.1, -0.05) is 0 Å². The second-order valence-corrected chi connectivity index (χ2v) is 6.86. The SMILES string of the molecule is Cn1cc(S(=O)(=O)N2CCCC2CCCCl)cn1. The first-order valence-corrected chi connectivity index (χ1v) is 8.09. The van der Waals surface area contributed by atoms with Gasteiger partial charge >= 0.3 is 0 Å². The zero-order chi connectivity index (χ0) is 13.2. The van der Waals surface area contributed by atoms with E-state index >= 15 is 0 Å². The quantitative estimate of drug-likeness (QED) is 0.774. The molecule has 0 spiro atoms. The molecule has 1 atom stereocenters. The Hall–Kier alpha value is -0.590. The molecule has 102 valence electrons. The van der Waals surface area contributed by atoms with Crippen LogP contribution in [0.1, 0.15) is 25.7 Å². The molecule has 1 aliphatic rings. The number of nitrogens with zero attached hydrogens (tertiary/aromatic N) is 3. The largest absolute Gasteiger partial charge is 0.274 e. The minimum atomic E-state index is -3.39. The van der Waals surface area contributed by atoms with Gasteiger partial charge in [-0.05, 0) is 25.7 Å². The molecule has 5 nitrogen and oxygen atoms in total. The molecule has 18 heavy (non-hydrogen) atoms. The van der Waals surface area contributed by atoms with E-state index in [1.54, 1.807) is 17.5 Å². The molecular weight excluding hydrogens is 274 g/mol. The molecule has 2 heterocycles. The summed E-state index contributed by atoms with van der Waals surface area (Å²) in [5, 5.41) is 3.93. The smallest absolute Gasteiger partial charge is 0.246 e. The Morgan fingerprint density at radius 1 is 1.56 bits per heavy atom. The average molecular weight is 292 g/mol. The standard InChI is InChI=1S/C11H18ClN3O2S/c1-14-9-11(8-13-14)18(16,17)15-7-3-5-10(15)4-2-6-12/h8-10H,2-7H2,1H3. The Kier molecular flexibility index (Phi) is 4.29. The van der Waals surface area contributed by atoms with Crippen LogP contribution in [0.4, 0.5) is 0 Å². The van der Waals surface area contributed by atoms with Crippen molar-refractivity contribution >= 4 is 21.6 Å². The molecule has 1 aliphatic heterocycles. The molecule has 0 radical (unpaired) electrons. The highest BCUT2D eigenvalue weighted by Crippen LogP contribution is 2.28. The van der Waals surface area contributed by atoms with Gasteiger partial charge in [0.2, 0.25) is 10.0 Å². The van der Waals surface area contributed by atoms with Crippen LogP contribution in [-0.2, 0) is 17.1 Å². The van der Waals surface area contributed by atoms with Crippen LogP contribution in [0.2, 0.25) is 0 Å². The Balaban J connectivity index is 2.18. The van der Waals surface area contributed by atoms with Crippen molar-refractivity contribution in [3.05, 3.63) is 12.4 Å². The van der Waals surface area contributed by atoms with E-state index in [2.05, 4.69) is 5.10 Å². The lowest BCUT2D eigenvalue weighted by Gasteiger charge is -2.23. The number of aromatic nitrogens is 2. The van der Waals surface area contributed by atoms with Gasteiger partial charge in [0.15, 0.2) is 0 Å². The molecule has 0 aromatic carbocycles. The number of rotatable bonds is 5. The Bertz CT molecular complexity index is 500. The van der Waals surface area contributed by atoms with Gasteiger partial charge in [-0.15, -0.1) is 11.6 Å². The minimum Gasteiger partial charge on any atom is -0.274 e. The van der Waals surface area contributed by atoms with Crippen LogP contribution in [0, 0.1) is 0 Å². The molecule has 2 rings (SSSR count). The van der Waals surface area contributed by atoms with Crippen LogP contribution in [0.25, 0.3) is 0 Å². The second-order valence-electron chi connectivity index (χ2n) is 4.59. The van der Waals surface area contributed by atoms with Crippen LogP contribution in [0.3, 0.4) is 0 Å². The maximum absolute atomic E-state index is 12.5. The molecule has 1 saturated heterocycles. The van der Waals surface area contributed by atoms with Crippen molar-refractivity contribution in [3.63, 3.8) is 0 Å². The van der Waals surface area contributed by atoms with E-state index < -0.39 is 10.0 Å². The normalized spacial score (nSPS) is 21.6. The van der Waals surface area contributed by atoms with Crippen molar-refractivity contribution in [2.75, 3.05) is 12.4 Å². The van der Waals surface area contributed by atoms with Gasteiger partial charge in [0, 0.05) is 31.7 Å².